The molecular weight excluding hydrogens is 263 g/mol. The van der Waals surface area contributed by atoms with Crippen molar-refractivity contribution in [3.05, 3.63) is 29.6 Å². The van der Waals surface area contributed by atoms with E-state index in [0.717, 1.165) is 0 Å². The highest BCUT2D eigenvalue weighted by molar-refractivity contribution is 5.90. The molecule has 1 aliphatic heterocycles. The van der Waals surface area contributed by atoms with Gasteiger partial charge in [0.1, 0.15) is 17.7 Å². The molecule has 0 bridgehead atoms. The first-order valence-corrected chi connectivity index (χ1v) is 6.69. The van der Waals surface area contributed by atoms with Crippen LogP contribution in [0, 0.1) is 5.82 Å². The molecule has 1 heterocycles. The van der Waals surface area contributed by atoms with Crippen LogP contribution in [0.1, 0.15) is 37.0 Å². The Morgan fingerprint density at radius 2 is 1.95 bits per heavy atom. The predicted molar refractivity (Wildman–Crippen MR) is 71.4 cm³/mol. The average molecular weight is 282 g/mol. The average Bonchev–Trinajstić information content (AvgIpc) is 2.36. The number of methoxy groups -OCH3 is 1. The van der Waals surface area contributed by atoms with Crippen molar-refractivity contribution in [3.63, 3.8) is 0 Å². The van der Waals surface area contributed by atoms with E-state index < -0.39 is 11.8 Å². The fourth-order valence-corrected chi connectivity index (χ4v) is 2.44. The molecule has 0 amide bonds. The van der Waals surface area contributed by atoms with Crippen LogP contribution in [0.5, 0.6) is 5.75 Å². The van der Waals surface area contributed by atoms with Gasteiger partial charge in [0, 0.05) is 18.9 Å². The number of hydrogen-bond acceptors (Lipinski definition) is 4. The molecule has 1 aromatic rings. The van der Waals surface area contributed by atoms with Crippen LogP contribution in [-0.4, -0.2) is 31.4 Å². The molecule has 0 aliphatic carbocycles. The van der Waals surface area contributed by atoms with E-state index in [1.807, 2.05) is 13.8 Å². The van der Waals surface area contributed by atoms with Crippen molar-refractivity contribution in [1.82, 2.24) is 0 Å². The highest BCUT2D eigenvalue weighted by Crippen LogP contribution is 2.24. The van der Waals surface area contributed by atoms with E-state index in [0.29, 0.717) is 18.6 Å². The van der Waals surface area contributed by atoms with Gasteiger partial charge in [0.15, 0.2) is 0 Å². The summed E-state index contributed by atoms with van der Waals surface area (Å²) in [5.41, 5.74) is -0.0717. The lowest BCUT2D eigenvalue weighted by atomic mass is 10.0. The van der Waals surface area contributed by atoms with Gasteiger partial charge in [-0.3, -0.25) is 0 Å². The summed E-state index contributed by atoms with van der Waals surface area (Å²) in [4.78, 5) is 12.0. The third-order valence-corrected chi connectivity index (χ3v) is 3.32. The molecule has 5 heteroatoms. The third-order valence-electron chi connectivity index (χ3n) is 3.32. The van der Waals surface area contributed by atoms with Gasteiger partial charge in [0.25, 0.3) is 0 Å². The van der Waals surface area contributed by atoms with E-state index in [4.69, 9.17) is 14.2 Å². The molecule has 1 fully saturated rings. The van der Waals surface area contributed by atoms with E-state index in [1.54, 1.807) is 0 Å². The topological polar surface area (TPSA) is 44.8 Å². The van der Waals surface area contributed by atoms with Gasteiger partial charge < -0.3 is 14.2 Å². The molecule has 2 atom stereocenters. The molecule has 0 saturated carbocycles. The SMILES string of the molecule is COc1ccc(C(=O)OC2CC(C)OC(C)C2)c(F)c1. The summed E-state index contributed by atoms with van der Waals surface area (Å²) in [6.45, 7) is 3.87. The first kappa shape index (κ1) is 14.8. The van der Waals surface area contributed by atoms with Gasteiger partial charge in [-0.05, 0) is 26.0 Å². The van der Waals surface area contributed by atoms with Crippen LogP contribution in [0.15, 0.2) is 18.2 Å². The molecule has 1 aliphatic rings. The summed E-state index contributed by atoms with van der Waals surface area (Å²) in [7, 11) is 1.44. The first-order chi connectivity index (χ1) is 9.49. The zero-order valence-corrected chi connectivity index (χ0v) is 11.9. The summed E-state index contributed by atoms with van der Waals surface area (Å²) in [6.07, 6.45) is 1.11. The summed E-state index contributed by atoms with van der Waals surface area (Å²) in [6, 6.07) is 4.09. The Balaban J connectivity index is 2.04. The van der Waals surface area contributed by atoms with E-state index >= 15 is 0 Å². The molecule has 4 nitrogen and oxygen atoms in total. The first-order valence-electron chi connectivity index (χ1n) is 6.69. The van der Waals surface area contributed by atoms with Crippen LogP contribution in [0.25, 0.3) is 0 Å². The van der Waals surface area contributed by atoms with Gasteiger partial charge in [-0.1, -0.05) is 0 Å². The fraction of sp³-hybridized carbons (Fsp3) is 0.533. The zero-order valence-electron chi connectivity index (χ0n) is 11.9. The number of hydrogen-bond donors (Lipinski definition) is 0. The minimum absolute atomic E-state index is 0.0391. The molecule has 1 saturated heterocycles. The Hall–Kier alpha value is -1.62. The van der Waals surface area contributed by atoms with Crippen molar-refractivity contribution in [3.8, 4) is 5.75 Å². The van der Waals surface area contributed by atoms with Crippen LogP contribution in [0.2, 0.25) is 0 Å². The number of carbonyl (C=O) groups excluding carboxylic acids is 1. The maximum Gasteiger partial charge on any atom is 0.341 e. The molecule has 1 aromatic carbocycles. The molecule has 2 unspecified atom stereocenters. The Bertz CT molecular complexity index is 479. The molecular formula is C15H19FO4. The summed E-state index contributed by atoms with van der Waals surface area (Å²) in [5.74, 6) is -0.911. The molecule has 20 heavy (non-hydrogen) atoms. The number of carbonyl (C=O) groups is 1. The van der Waals surface area contributed by atoms with Crippen molar-refractivity contribution in [1.29, 1.82) is 0 Å². The van der Waals surface area contributed by atoms with Crippen molar-refractivity contribution in [2.24, 2.45) is 0 Å². The maximum absolute atomic E-state index is 13.8. The van der Waals surface area contributed by atoms with E-state index in [2.05, 4.69) is 0 Å². The second-order valence-electron chi connectivity index (χ2n) is 5.10. The third kappa shape index (κ3) is 3.48. The van der Waals surface area contributed by atoms with Gasteiger partial charge >= 0.3 is 5.97 Å². The number of ether oxygens (including phenoxy) is 3. The van der Waals surface area contributed by atoms with E-state index in [-0.39, 0.29) is 23.9 Å². The quantitative estimate of drug-likeness (QED) is 0.800. The zero-order chi connectivity index (χ0) is 14.7. The minimum Gasteiger partial charge on any atom is -0.497 e. The molecule has 2 rings (SSSR count). The standard InChI is InChI=1S/C15H19FO4/c1-9-6-12(7-10(2)19-9)20-15(17)13-5-4-11(18-3)8-14(13)16/h4-5,8-10,12H,6-7H2,1-3H3. The van der Waals surface area contributed by atoms with Gasteiger partial charge in [0.05, 0.1) is 24.9 Å². The number of benzene rings is 1. The van der Waals surface area contributed by atoms with Crippen LogP contribution < -0.4 is 4.74 Å². The Kier molecular flexibility index (Phi) is 4.60. The van der Waals surface area contributed by atoms with Crippen LogP contribution in [-0.2, 0) is 9.47 Å². The van der Waals surface area contributed by atoms with Gasteiger partial charge in [0.2, 0.25) is 0 Å². The summed E-state index contributed by atoms with van der Waals surface area (Å²) in [5, 5.41) is 0. The Morgan fingerprint density at radius 3 is 2.50 bits per heavy atom. The fourth-order valence-electron chi connectivity index (χ4n) is 2.44. The summed E-state index contributed by atoms with van der Waals surface area (Å²) >= 11 is 0. The second-order valence-corrected chi connectivity index (χ2v) is 5.10. The van der Waals surface area contributed by atoms with Gasteiger partial charge in [-0.25, -0.2) is 9.18 Å². The molecule has 0 spiro atoms. The smallest absolute Gasteiger partial charge is 0.341 e. The maximum atomic E-state index is 13.8. The van der Waals surface area contributed by atoms with E-state index in [9.17, 15) is 9.18 Å². The Labute approximate surface area is 117 Å². The van der Waals surface area contributed by atoms with Gasteiger partial charge in [-0.2, -0.15) is 0 Å². The molecule has 0 N–H and O–H groups in total. The molecule has 0 radical (unpaired) electrons. The lowest BCUT2D eigenvalue weighted by molar-refractivity contribution is -0.0856. The number of halogens is 1. The largest absolute Gasteiger partial charge is 0.497 e. The van der Waals surface area contributed by atoms with E-state index in [1.165, 1.54) is 25.3 Å². The summed E-state index contributed by atoms with van der Waals surface area (Å²) < 4.78 is 29.6. The minimum atomic E-state index is -0.642. The predicted octanol–water partition coefficient (Wildman–Crippen LogP) is 2.95. The second kappa shape index (κ2) is 6.22. The Morgan fingerprint density at radius 1 is 1.30 bits per heavy atom. The van der Waals surface area contributed by atoms with Crippen LogP contribution >= 0.6 is 0 Å². The van der Waals surface area contributed by atoms with Crippen molar-refractivity contribution in [2.75, 3.05) is 7.11 Å². The van der Waals surface area contributed by atoms with Crippen LogP contribution in [0.3, 0.4) is 0 Å². The van der Waals surface area contributed by atoms with Gasteiger partial charge in [-0.15, -0.1) is 0 Å². The number of rotatable bonds is 3. The highest BCUT2D eigenvalue weighted by atomic mass is 19.1. The molecule has 0 aromatic heterocycles. The van der Waals surface area contributed by atoms with Crippen molar-refractivity contribution >= 4 is 5.97 Å². The lowest BCUT2D eigenvalue weighted by Crippen LogP contribution is -2.35. The number of esters is 1. The van der Waals surface area contributed by atoms with Crippen molar-refractivity contribution < 1.29 is 23.4 Å². The van der Waals surface area contributed by atoms with Crippen LogP contribution in [0.4, 0.5) is 4.39 Å². The van der Waals surface area contributed by atoms with Crippen molar-refractivity contribution in [2.45, 2.75) is 45.0 Å². The lowest BCUT2D eigenvalue weighted by Gasteiger charge is -2.31. The monoisotopic (exact) mass is 282 g/mol. The normalized spacial score (nSPS) is 26.1. The highest BCUT2D eigenvalue weighted by Gasteiger charge is 2.28. The molecule has 110 valence electrons.